The minimum absolute atomic E-state index is 0.159. The summed E-state index contributed by atoms with van der Waals surface area (Å²) in [6.07, 6.45) is 0.273. The number of aliphatic hydroxyl groups is 1. The third-order valence-corrected chi connectivity index (χ3v) is 7.15. The molecule has 1 aliphatic heterocycles. The SMILES string of the molecule is CCOc1cc([C@@H]2NC(=O)NC(C)=C2C(=O)OC)ccc1OC[C@@H](O)N/N=C\c1ccc(-c2ccc(Br)c(Cl)c2)o1. The van der Waals surface area contributed by atoms with Crippen LogP contribution in [-0.4, -0.2) is 49.9 Å². The van der Waals surface area contributed by atoms with Gasteiger partial charge in [0.15, 0.2) is 17.7 Å². The Bertz CT molecular complexity index is 1490. The molecular formula is C28H28BrClN4O7. The number of esters is 1. The summed E-state index contributed by atoms with van der Waals surface area (Å²) in [5, 5.41) is 20.2. The van der Waals surface area contributed by atoms with E-state index >= 15 is 0 Å². The largest absolute Gasteiger partial charge is 0.490 e. The van der Waals surface area contributed by atoms with Crippen LogP contribution in [0.3, 0.4) is 0 Å². The molecule has 0 radical (unpaired) electrons. The lowest BCUT2D eigenvalue weighted by molar-refractivity contribution is -0.136. The van der Waals surface area contributed by atoms with Gasteiger partial charge >= 0.3 is 12.0 Å². The molecule has 4 N–H and O–H groups in total. The Morgan fingerprint density at radius 1 is 1.22 bits per heavy atom. The Labute approximate surface area is 249 Å². The molecule has 3 aromatic rings. The second-order valence-corrected chi connectivity index (χ2v) is 10.0. The molecule has 41 heavy (non-hydrogen) atoms. The minimum atomic E-state index is -1.15. The van der Waals surface area contributed by atoms with Crippen LogP contribution in [0.2, 0.25) is 5.02 Å². The van der Waals surface area contributed by atoms with Gasteiger partial charge in [-0.05, 0) is 71.7 Å². The molecule has 0 unspecified atom stereocenters. The number of furan rings is 1. The van der Waals surface area contributed by atoms with Crippen molar-refractivity contribution in [1.29, 1.82) is 0 Å². The van der Waals surface area contributed by atoms with Gasteiger partial charge in [-0.3, -0.25) is 5.43 Å². The van der Waals surface area contributed by atoms with Gasteiger partial charge in [0.1, 0.15) is 18.1 Å². The number of aliphatic hydroxyl groups excluding tert-OH is 1. The van der Waals surface area contributed by atoms with Gasteiger partial charge in [0.25, 0.3) is 0 Å². The van der Waals surface area contributed by atoms with E-state index in [4.69, 9.17) is 30.2 Å². The van der Waals surface area contributed by atoms with E-state index in [0.717, 1.165) is 10.0 Å². The number of amides is 2. The fourth-order valence-corrected chi connectivity index (χ4v) is 4.46. The monoisotopic (exact) mass is 646 g/mol. The van der Waals surface area contributed by atoms with Crippen LogP contribution >= 0.6 is 27.5 Å². The molecule has 1 aliphatic rings. The Hall–Kier alpha value is -4.00. The summed E-state index contributed by atoms with van der Waals surface area (Å²) in [4.78, 5) is 24.5. The maximum Gasteiger partial charge on any atom is 0.337 e. The van der Waals surface area contributed by atoms with Crippen LogP contribution in [0.25, 0.3) is 11.3 Å². The molecule has 2 amide bonds. The van der Waals surface area contributed by atoms with Gasteiger partial charge in [0.05, 0.1) is 36.6 Å². The van der Waals surface area contributed by atoms with Crippen molar-refractivity contribution in [2.45, 2.75) is 26.1 Å². The second-order valence-electron chi connectivity index (χ2n) is 8.75. The maximum atomic E-state index is 12.4. The van der Waals surface area contributed by atoms with Crippen molar-refractivity contribution in [3.63, 3.8) is 0 Å². The van der Waals surface area contributed by atoms with Crippen LogP contribution < -0.4 is 25.5 Å². The zero-order chi connectivity index (χ0) is 29.5. The number of carbonyl (C=O) groups excluding carboxylic acids is 2. The minimum Gasteiger partial charge on any atom is -0.490 e. The number of halogens is 2. The summed E-state index contributed by atoms with van der Waals surface area (Å²) in [5.74, 6) is 1.23. The first-order chi connectivity index (χ1) is 19.7. The maximum absolute atomic E-state index is 12.4. The van der Waals surface area contributed by atoms with E-state index in [0.29, 0.717) is 45.9 Å². The molecule has 2 heterocycles. The molecular weight excluding hydrogens is 620 g/mol. The lowest BCUT2D eigenvalue weighted by Crippen LogP contribution is -2.45. The lowest BCUT2D eigenvalue weighted by Gasteiger charge is -2.28. The third-order valence-electron chi connectivity index (χ3n) is 5.92. The Kier molecular flexibility index (Phi) is 9.92. The Morgan fingerprint density at radius 2 is 2.02 bits per heavy atom. The number of nitrogens with one attached hydrogen (secondary N) is 3. The Morgan fingerprint density at radius 3 is 2.76 bits per heavy atom. The second kappa shape index (κ2) is 13.6. The highest BCUT2D eigenvalue weighted by Crippen LogP contribution is 2.35. The summed E-state index contributed by atoms with van der Waals surface area (Å²) < 4.78 is 22.9. The van der Waals surface area contributed by atoms with Gasteiger partial charge in [0.2, 0.25) is 0 Å². The highest BCUT2D eigenvalue weighted by molar-refractivity contribution is 9.10. The molecule has 0 spiro atoms. The number of methoxy groups -OCH3 is 1. The van der Waals surface area contributed by atoms with E-state index in [2.05, 4.69) is 37.1 Å². The summed E-state index contributed by atoms with van der Waals surface area (Å²) in [5.41, 5.74) is 4.63. The first-order valence-corrected chi connectivity index (χ1v) is 13.6. The van der Waals surface area contributed by atoms with Gasteiger partial charge in [-0.15, -0.1) is 0 Å². The van der Waals surface area contributed by atoms with Crippen molar-refractivity contribution in [2.75, 3.05) is 20.3 Å². The average Bonchev–Trinajstić information content (AvgIpc) is 3.42. The predicted molar refractivity (Wildman–Crippen MR) is 156 cm³/mol. The summed E-state index contributed by atoms with van der Waals surface area (Å²) in [6, 6.07) is 12.8. The van der Waals surface area contributed by atoms with Gasteiger partial charge < -0.3 is 34.4 Å². The number of urea groups is 1. The van der Waals surface area contributed by atoms with Crippen LogP contribution in [0.4, 0.5) is 4.79 Å². The summed E-state index contributed by atoms with van der Waals surface area (Å²) >= 11 is 9.52. The number of hydrazone groups is 1. The quantitative estimate of drug-likeness (QED) is 0.0998. The standard InChI is InChI=1S/C28H28BrClN4O7/c1-4-39-23-12-17(26-25(27(36)38-3)15(2)32-28(37)33-26)6-9-22(23)40-14-24(35)34-31-13-18-7-10-21(41-18)16-5-8-19(29)20(30)11-16/h5-13,24,26,34-35H,4,14H2,1-3H3,(H2,32,33,37)/b31-13-/t24-,26+/m1/s1. The van der Waals surface area contributed by atoms with Gasteiger partial charge in [0, 0.05) is 15.7 Å². The molecule has 216 valence electrons. The molecule has 4 rings (SSSR count). The number of hydrogen-bond donors (Lipinski definition) is 4. The molecule has 2 atom stereocenters. The van der Waals surface area contributed by atoms with Crippen molar-refractivity contribution in [2.24, 2.45) is 5.10 Å². The normalized spacial score (nSPS) is 15.8. The fourth-order valence-electron chi connectivity index (χ4n) is 4.04. The summed E-state index contributed by atoms with van der Waals surface area (Å²) in [7, 11) is 1.27. The molecule has 0 saturated carbocycles. The number of allylic oxidation sites excluding steroid dienone is 1. The molecule has 0 aliphatic carbocycles. The van der Waals surface area contributed by atoms with Crippen LogP contribution in [0.15, 0.2) is 73.8 Å². The van der Waals surface area contributed by atoms with Crippen LogP contribution in [0, 0.1) is 0 Å². The Balaban J connectivity index is 1.39. The highest BCUT2D eigenvalue weighted by Gasteiger charge is 2.32. The molecule has 11 nitrogen and oxygen atoms in total. The lowest BCUT2D eigenvalue weighted by atomic mass is 9.95. The van der Waals surface area contributed by atoms with E-state index in [1.165, 1.54) is 13.3 Å². The highest BCUT2D eigenvalue weighted by atomic mass is 79.9. The molecule has 2 aromatic carbocycles. The number of rotatable bonds is 11. The van der Waals surface area contributed by atoms with E-state index in [-0.39, 0.29) is 12.2 Å². The van der Waals surface area contributed by atoms with Gasteiger partial charge in [-0.1, -0.05) is 23.7 Å². The summed E-state index contributed by atoms with van der Waals surface area (Å²) in [6.45, 7) is 3.61. The zero-order valence-corrected chi connectivity index (χ0v) is 24.7. The number of ether oxygens (including phenoxy) is 3. The van der Waals surface area contributed by atoms with E-state index in [1.807, 2.05) is 19.1 Å². The first-order valence-electron chi connectivity index (χ1n) is 12.5. The molecule has 13 heteroatoms. The topological polar surface area (TPSA) is 144 Å². The van der Waals surface area contributed by atoms with Crippen molar-refractivity contribution in [1.82, 2.24) is 16.1 Å². The van der Waals surface area contributed by atoms with E-state index in [1.54, 1.807) is 43.3 Å². The molecule has 0 bridgehead atoms. The fraction of sp³-hybridized carbons (Fsp3) is 0.250. The van der Waals surface area contributed by atoms with E-state index < -0.39 is 24.3 Å². The van der Waals surface area contributed by atoms with Crippen molar-refractivity contribution in [3.8, 4) is 22.8 Å². The van der Waals surface area contributed by atoms with Gasteiger partial charge in [-0.2, -0.15) is 5.10 Å². The predicted octanol–water partition coefficient (Wildman–Crippen LogP) is 4.88. The number of carbonyl (C=O) groups is 2. The van der Waals surface area contributed by atoms with Crippen molar-refractivity contribution < 1.29 is 33.3 Å². The average molecular weight is 648 g/mol. The molecule has 0 fully saturated rings. The van der Waals surface area contributed by atoms with Crippen LogP contribution in [0.1, 0.15) is 31.2 Å². The van der Waals surface area contributed by atoms with Crippen LogP contribution in [0.5, 0.6) is 11.5 Å². The molecule has 1 aromatic heterocycles. The van der Waals surface area contributed by atoms with Crippen LogP contribution in [-0.2, 0) is 9.53 Å². The number of benzene rings is 2. The first kappa shape index (κ1) is 30.0. The van der Waals surface area contributed by atoms with Gasteiger partial charge in [-0.25, -0.2) is 9.59 Å². The number of nitrogens with zero attached hydrogens (tertiary/aromatic N) is 1. The third kappa shape index (κ3) is 7.40. The zero-order valence-electron chi connectivity index (χ0n) is 22.4. The van der Waals surface area contributed by atoms with Crippen molar-refractivity contribution >= 4 is 45.7 Å². The van der Waals surface area contributed by atoms with E-state index in [9.17, 15) is 14.7 Å². The van der Waals surface area contributed by atoms with Crippen molar-refractivity contribution in [3.05, 3.63) is 80.6 Å². The number of hydrogen-bond acceptors (Lipinski definition) is 9. The smallest absolute Gasteiger partial charge is 0.337 e. The molecule has 0 saturated heterocycles.